The van der Waals surface area contributed by atoms with Crippen molar-refractivity contribution in [2.75, 3.05) is 5.32 Å². The molecule has 0 aromatic carbocycles. The van der Waals surface area contributed by atoms with Gasteiger partial charge < -0.3 is 5.32 Å². The van der Waals surface area contributed by atoms with Crippen LogP contribution in [0.1, 0.15) is 31.7 Å². The zero-order valence-corrected chi connectivity index (χ0v) is 16.5. The van der Waals surface area contributed by atoms with E-state index in [-0.39, 0.29) is 11.6 Å². The Labute approximate surface area is 171 Å². The van der Waals surface area contributed by atoms with Crippen molar-refractivity contribution in [3.05, 3.63) is 64.8 Å². The van der Waals surface area contributed by atoms with E-state index in [1.807, 2.05) is 23.6 Å². The molecule has 0 spiro atoms. The zero-order chi connectivity index (χ0) is 19.6. The Kier molecular flexibility index (Phi) is 4.77. The first kappa shape index (κ1) is 17.9. The van der Waals surface area contributed by atoms with Crippen molar-refractivity contribution in [1.82, 2.24) is 24.7 Å². The fraction of sp³-hybridized carbons (Fsp3) is 0.286. The minimum absolute atomic E-state index is 0.0460. The van der Waals surface area contributed by atoms with Gasteiger partial charge in [0, 0.05) is 30.1 Å². The number of fused-ring (bicyclic) bond motifs is 1. The number of nitrogens with one attached hydrogen (secondary N) is 1. The van der Waals surface area contributed by atoms with Gasteiger partial charge in [-0.05, 0) is 55.3 Å². The monoisotopic (exact) mass is 404 g/mol. The van der Waals surface area contributed by atoms with Crippen LogP contribution in [-0.2, 0) is 0 Å². The van der Waals surface area contributed by atoms with Gasteiger partial charge in [-0.25, -0.2) is 14.6 Å². The molecule has 1 aliphatic rings. The Morgan fingerprint density at radius 3 is 2.66 bits per heavy atom. The van der Waals surface area contributed by atoms with Gasteiger partial charge in [0.15, 0.2) is 0 Å². The van der Waals surface area contributed by atoms with Crippen LogP contribution in [0.2, 0.25) is 0 Å². The maximum Gasteiger partial charge on any atom is 0.267 e. The largest absolute Gasteiger partial charge is 0.366 e. The topological polar surface area (TPSA) is 85.6 Å². The summed E-state index contributed by atoms with van der Waals surface area (Å²) in [5.41, 5.74) is 2.70. The number of nitrogens with zero attached hydrogens (tertiary/aromatic N) is 5. The molecule has 0 atom stereocenters. The van der Waals surface area contributed by atoms with Crippen LogP contribution in [-0.4, -0.2) is 30.8 Å². The maximum absolute atomic E-state index is 12.4. The maximum atomic E-state index is 12.4. The number of aromatic nitrogens is 5. The van der Waals surface area contributed by atoms with Gasteiger partial charge in [-0.3, -0.25) is 9.78 Å². The number of thiophene rings is 1. The summed E-state index contributed by atoms with van der Waals surface area (Å²) >= 11 is 1.65. The highest BCUT2D eigenvalue weighted by Gasteiger charge is 2.24. The van der Waals surface area contributed by atoms with Gasteiger partial charge in [-0.15, -0.1) is 11.3 Å². The summed E-state index contributed by atoms with van der Waals surface area (Å²) in [6.07, 6.45) is 8.83. The lowest BCUT2D eigenvalue weighted by molar-refractivity contribution is 0.304. The third kappa shape index (κ3) is 3.63. The molecule has 146 valence electrons. The minimum Gasteiger partial charge on any atom is -0.366 e. The molecule has 1 N–H and O–H groups in total. The number of rotatable bonds is 4. The van der Waals surface area contributed by atoms with Crippen molar-refractivity contribution in [1.29, 1.82) is 0 Å². The van der Waals surface area contributed by atoms with E-state index in [4.69, 9.17) is 0 Å². The molecule has 4 heterocycles. The Bertz CT molecular complexity index is 1180. The molecule has 1 aliphatic carbocycles. The van der Waals surface area contributed by atoms with Crippen LogP contribution >= 0.6 is 11.3 Å². The molecule has 29 heavy (non-hydrogen) atoms. The van der Waals surface area contributed by atoms with E-state index in [1.54, 1.807) is 46.9 Å². The minimum atomic E-state index is -0.0460. The fourth-order valence-corrected chi connectivity index (χ4v) is 4.71. The van der Waals surface area contributed by atoms with Crippen molar-refractivity contribution in [3.8, 4) is 11.3 Å². The van der Waals surface area contributed by atoms with Crippen LogP contribution in [0.5, 0.6) is 0 Å². The van der Waals surface area contributed by atoms with Gasteiger partial charge in [-0.2, -0.15) is 5.10 Å². The molecule has 0 bridgehead atoms. The molecule has 1 saturated carbocycles. The van der Waals surface area contributed by atoms with E-state index < -0.39 is 0 Å². The van der Waals surface area contributed by atoms with Crippen molar-refractivity contribution >= 4 is 27.4 Å². The number of pyridine rings is 1. The van der Waals surface area contributed by atoms with E-state index in [2.05, 4.69) is 25.4 Å². The molecule has 4 aromatic heterocycles. The Balaban J connectivity index is 1.31. The predicted molar refractivity (Wildman–Crippen MR) is 114 cm³/mol. The Morgan fingerprint density at radius 2 is 1.83 bits per heavy atom. The highest BCUT2D eigenvalue weighted by molar-refractivity contribution is 7.17. The quantitative estimate of drug-likeness (QED) is 0.555. The lowest BCUT2D eigenvalue weighted by Gasteiger charge is -2.30. The lowest BCUT2D eigenvalue weighted by atomic mass is 9.91. The van der Waals surface area contributed by atoms with Gasteiger partial charge in [0.05, 0.1) is 22.0 Å². The molecule has 0 saturated heterocycles. The summed E-state index contributed by atoms with van der Waals surface area (Å²) in [7, 11) is 0. The molecule has 8 heteroatoms. The summed E-state index contributed by atoms with van der Waals surface area (Å²) in [5, 5.41) is 10.3. The van der Waals surface area contributed by atoms with Crippen molar-refractivity contribution in [3.63, 3.8) is 0 Å². The highest BCUT2D eigenvalue weighted by atomic mass is 32.1. The van der Waals surface area contributed by atoms with Gasteiger partial charge in [-0.1, -0.05) is 0 Å². The number of hydrogen-bond acceptors (Lipinski definition) is 7. The Hall–Kier alpha value is -3.13. The van der Waals surface area contributed by atoms with Gasteiger partial charge in [0.25, 0.3) is 5.56 Å². The molecule has 4 aromatic rings. The molecule has 7 nitrogen and oxygen atoms in total. The van der Waals surface area contributed by atoms with Crippen LogP contribution < -0.4 is 10.9 Å². The molecule has 0 unspecified atom stereocenters. The van der Waals surface area contributed by atoms with E-state index in [1.165, 1.54) is 0 Å². The molecular formula is C21H20N6OS. The lowest BCUT2D eigenvalue weighted by Crippen LogP contribution is -2.33. The molecule has 0 aliphatic heterocycles. The summed E-state index contributed by atoms with van der Waals surface area (Å²) in [6.45, 7) is 0. The van der Waals surface area contributed by atoms with Crippen LogP contribution in [0.15, 0.2) is 59.2 Å². The SMILES string of the molecule is O=c1ccc(-c2ccncc2)nn1C1CCC(Nc2ncnc3ccsc23)CC1. The average molecular weight is 404 g/mol. The van der Waals surface area contributed by atoms with E-state index in [9.17, 15) is 4.79 Å². The summed E-state index contributed by atoms with van der Waals surface area (Å²) in [5.74, 6) is 0.906. The fourth-order valence-electron chi connectivity index (χ4n) is 3.91. The standard InChI is InChI=1S/C21H20N6OS/c28-19-6-5-17(14-7-10-22-11-8-14)26-27(19)16-3-1-15(2-4-16)25-21-20-18(9-12-29-20)23-13-24-21/h5-13,15-16H,1-4H2,(H,23,24,25). The highest BCUT2D eigenvalue weighted by Crippen LogP contribution is 2.31. The molecule has 1 fully saturated rings. The van der Waals surface area contributed by atoms with E-state index in [0.29, 0.717) is 6.04 Å². The molecule has 0 amide bonds. The number of anilines is 1. The predicted octanol–water partition coefficient (Wildman–Crippen LogP) is 3.91. The van der Waals surface area contributed by atoms with Gasteiger partial charge in [0.2, 0.25) is 0 Å². The second-order valence-corrected chi connectivity index (χ2v) is 8.16. The van der Waals surface area contributed by atoms with Crippen LogP contribution in [0.25, 0.3) is 21.5 Å². The van der Waals surface area contributed by atoms with Crippen LogP contribution in [0, 0.1) is 0 Å². The first-order chi connectivity index (χ1) is 14.3. The third-order valence-corrected chi connectivity index (χ3v) is 6.34. The molecule has 0 radical (unpaired) electrons. The Morgan fingerprint density at radius 1 is 1.00 bits per heavy atom. The molecule has 5 rings (SSSR count). The van der Waals surface area contributed by atoms with Crippen molar-refractivity contribution in [2.45, 2.75) is 37.8 Å². The van der Waals surface area contributed by atoms with Gasteiger partial charge in [0.1, 0.15) is 12.1 Å². The average Bonchev–Trinajstić information content (AvgIpc) is 3.25. The smallest absolute Gasteiger partial charge is 0.267 e. The first-order valence-electron chi connectivity index (χ1n) is 9.73. The third-order valence-electron chi connectivity index (χ3n) is 5.43. The van der Waals surface area contributed by atoms with Crippen molar-refractivity contribution < 1.29 is 0 Å². The second-order valence-electron chi connectivity index (χ2n) is 7.24. The normalized spacial score (nSPS) is 19.3. The van der Waals surface area contributed by atoms with Gasteiger partial charge >= 0.3 is 0 Å². The van der Waals surface area contributed by atoms with Crippen molar-refractivity contribution in [2.24, 2.45) is 0 Å². The zero-order valence-electron chi connectivity index (χ0n) is 15.7. The second kappa shape index (κ2) is 7.71. The van der Waals surface area contributed by atoms with Crippen LogP contribution in [0.4, 0.5) is 5.82 Å². The summed E-state index contributed by atoms with van der Waals surface area (Å²) in [6, 6.07) is 9.68. The van der Waals surface area contributed by atoms with Crippen LogP contribution in [0.3, 0.4) is 0 Å². The molecular weight excluding hydrogens is 384 g/mol. The number of hydrogen-bond donors (Lipinski definition) is 1. The first-order valence-corrected chi connectivity index (χ1v) is 10.6. The summed E-state index contributed by atoms with van der Waals surface area (Å²) in [4.78, 5) is 25.2. The summed E-state index contributed by atoms with van der Waals surface area (Å²) < 4.78 is 2.76. The van der Waals surface area contributed by atoms with E-state index >= 15 is 0 Å². The van der Waals surface area contributed by atoms with E-state index in [0.717, 1.165) is 53.0 Å².